The molecule has 2 atom stereocenters. The molecule has 1 aromatic rings. The lowest BCUT2D eigenvalue weighted by Crippen LogP contribution is -2.44. The van der Waals surface area contributed by atoms with Crippen molar-refractivity contribution in [1.82, 2.24) is 5.32 Å². The maximum atomic E-state index is 12.8. The fourth-order valence-electron chi connectivity index (χ4n) is 3.56. The van der Waals surface area contributed by atoms with Gasteiger partial charge in [-0.2, -0.15) is 0 Å². The molecule has 6 nitrogen and oxygen atoms in total. The maximum absolute atomic E-state index is 12.8. The Morgan fingerprint density at radius 2 is 1.62 bits per heavy atom. The predicted octanol–water partition coefficient (Wildman–Crippen LogP) is 3.65. The molecule has 2 saturated heterocycles. The average Bonchev–Trinajstić information content (AvgIpc) is 3.03. The van der Waals surface area contributed by atoms with E-state index in [2.05, 4.69) is 21.2 Å². The van der Waals surface area contributed by atoms with Crippen molar-refractivity contribution in [2.24, 2.45) is 0 Å². The van der Waals surface area contributed by atoms with E-state index in [1.807, 2.05) is 72.7 Å². The predicted molar refractivity (Wildman–Crippen MR) is 117 cm³/mol. The number of benzene rings is 1. The molecule has 158 valence electrons. The normalized spacial score (nSPS) is 26.1. The third kappa shape index (κ3) is 5.07. The van der Waals surface area contributed by atoms with E-state index in [1.165, 1.54) is 0 Å². The Morgan fingerprint density at radius 1 is 1.07 bits per heavy atom. The molecule has 0 aromatic heterocycles. The number of hydrogen-bond donors (Lipinski definition) is 1. The monoisotopic (exact) mass is 465 g/mol. The molecule has 0 saturated carbocycles. The second-order valence-electron chi connectivity index (χ2n) is 9.47. The van der Waals surface area contributed by atoms with Crippen molar-refractivity contribution in [3.63, 3.8) is 0 Å². The first-order valence-electron chi connectivity index (χ1n) is 10.0. The van der Waals surface area contributed by atoms with Gasteiger partial charge in [-0.15, -0.1) is 0 Å². The first-order chi connectivity index (χ1) is 13.3. The summed E-state index contributed by atoms with van der Waals surface area (Å²) < 4.78 is 25.0. The third-order valence-corrected chi connectivity index (χ3v) is 6.37. The molecule has 1 aromatic carbocycles. The van der Waals surface area contributed by atoms with Gasteiger partial charge in [0.1, 0.15) is 0 Å². The van der Waals surface area contributed by atoms with E-state index >= 15 is 0 Å². The Balaban J connectivity index is 1.62. The first-order valence-corrected chi connectivity index (χ1v) is 10.8. The van der Waals surface area contributed by atoms with Gasteiger partial charge in [0.05, 0.1) is 35.4 Å². The van der Waals surface area contributed by atoms with Crippen LogP contribution in [0.15, 0.2) is 28.7 Å². The van der Waals surface area contributed by atoms with Crippen LogP contribution in [0.3, 0.4) is 0 Å². The topological polar surface area (TPSA) is 66.0 Å². The summed E-state index contributed by atoms with van der Waals surface area (Å²) in [5, 5.41) is 3.11. The Labute approximate surface area is 182 Å². The standard InChI is InChI=1S/C20H30B2BrNO5/c1-13-19(4,5)28-21(26-13)22-27-16(20(6,7)29-22)12-17(25)24-18(2,3)14-8-10-15(23)11-9-14/h8-11,13,16H,12H2,1-7H3,(H,24,25). The van der Waals surface area contributed by atoms with Crippen LogP contribution in [-0.4, -0.2) is 43.3 Å². The number of nitrogens with one attached hydrogen (secondary N) is 1. The molecule has 2 unspecified atom stereocenters. The van der Waals surface area contributed by atoms with Crippen molar-refractivity contribution in [3.8, 4) is 0 Å². The van der Waals surface area contributed by atoms with Gasteiger partial charge in [0.25, 0.3) is 0 Å². The molecule has 2 fully saturated rings. The summed E-state index contributed by atoms with van der Waals surface area (Å²) in [6.45, 7) is 13.7. The lowest BCUT2D eigenvalue weighted by molar-refractivity contribution is -0.125. The quantitative estimate of drug-likeness (QED) is 0.672. The van der Waals surface area contributed by atoms with Gasteiger partial charge >= 0.3 is 14.0 Å². The van der Waals surface area contributed by atoms with Crippen LogP contribution in [0.25, 0.3) is 0 Å². The molecule has 0 spiro atoms. The molecule has 1 N–H and O–H groups in total. The van der Waals surface area contributed by atoms with E-state index in [0.29, 0.717) is 0 Å². The number of carbonyl (C=O) groups is 1. The highest BCUT2D eigenvalue weighted by Crippen LogP contribution is 2.35. The van der Waals surface area contributed by atoms with Crippen molar-refractivity contribution in [1.29, 1.82) is 0 Å². The van der Waals surface area contributed by atoms with Gasteiger partial charge in [0.15, 0.2) is 0 Å². The van der Waals surface area contributed by atoms with Crippen LogP contribution in [-0.2, 0) is 29.0 Å². The summed E-state index contributed by atoms with van der Waals surface area (Å²) >= 11 is 3.44. The second kappa shape index (κ2) is 8.00. The van der Waals surface area contributed by atoms with Gasteiger partial charge in [-0.05, 0) is 66.2 Å². The van der Waals surface area contributed by atoms with Crippen molar-refractivity contribution in [2.45, 2.75) is 83.8 Å². The van der Waals surface area contributed by atoms with Crippen LogP contribution in [0, 0.1) is 0 Å². The lowest BCUT2D eigenvalue weighted by Gasteiger charge is -2.30. The first kappa shape index (κ1) is 22.8. The number of hydrogen-bond acceptors (Lipinski definition) is 5. The SMILES string of the molecule is CC1OB(B2OC(CC(=O)NC(C)(C)c3ccc(Br)cc3)C(C)(C)O2)OC1(C)C. The zero-order valence-corrected chi connectivity index (χ0v) is 19.8. The van der Waals surface area contributed by atoms with Gasteiger partial charge in [0.2, 0.25) is 5.91 Å². The molecule has 9 heteroatoms. The van der Waals surface area contributed by atoms with Gasteiger partial charge in [-0.1, -0.05) is 28.1 Å². The maximum Gasteiger partial charge on any atom is 0.488 e. The smallest absolute Gasteiger partial charge is 0.408 e. The minimum absolute atomic E-state index is 0.0723. The molecule has 0 aliphatic carbocycles. The zero-order valence-electron chi connectivity index (χ0n) is 18.2. The summed E-state index contributed by atoms with van der Waals surface area (Å²) in [5.74, 6) is -0.0952. The summed E-state index contributed by atoms with van der Waals surface area (Å²) in [7, 11) is -1.27. The molecule has 29 heavy (non-hydrogen) atoms. The minimum Gasteiger partial charge on any atom is -0.408 e. The van der Waals surface area contributed by atoms with E-state index in [0.717, 1.165) is 10.0 Å². The third-order valence-electron chi connectivity index (χ3n) is 5.84. The second-order valence-corrected chi connectivity index (χ2v) is 10.4. The Bertz CT molecular complexity index is 756. The highest BCUT2D eigenvalue weighted by Gasteiger charge is 2.58. The van der Waals surface area contributed by atoms with E-state index in [1.54, 1.807) is 0 Å². The lowest BCUT2D eigenvalue weighted by atomic mass is 9.49. The fraction of sp³-hybridized carbons (Fsp3) is 0.650. The van der Waals surface area contributed by atoms with Gasteiger partial charge in [-0.25, -0.2) is 0 Å². The highest BCUT2D eigenvalue weighted by molar-refractivity contribution is 9.10. The molecule has 2 heterocycles. The molecule has 2 aliphatic heterocycles. The van der Waals surface area contributed by atoms with Crippen LogP contribution < -0.4 is 5.32 Å². The fourth-order valence-corrected chi connectivity index (χ4v) is 3.82. The summed E-state index contributed by atoms with van der Waals surface area (Å²) in [6, 6.07) is 7.93. The molecule has 0 radical (unpaired) electrons. The molecule has 0 bridgehead atoms. The minimum atomic E-state index is -0.661. The summed E-state index contributed by atoms with van der Waals surface area (Å²) in [5.41, 5.74) is -0.519. The van der Waals surface area contributed by atoms with Gasteiger partial charge in [-0.3, -0.25) is 4.79 Å². The number of halogens is 1. The molecular formula is C20H30B2BrNO5. The van der Waals surface area contributed by atoms with Gasteiger partial charge < -0.3 is 23.9 Å². The average molecular weight is 466 g/mol. The van der Waals surface area contributed by atoms with Crippen LogP contribution in [0.2, 0.25) is 0 Å². The van der Waals surface area contributed by atoms with E-state index in [4.69, 9.17) is 18.6 Å². The number of carbonyl (C=O) groups excluding carboxylic acids is 1. The summed E-state index contributed by atoms with van der Waals surface area (Å²) in [4.78, 5) is 12.8. The van der Waals surface area contributed by atoms with Crippen LogP contribution in [0.4, 0.5) is 0 Å². The zero-order chi connectivity index (χ0) is 21.6. The van der Waals surface area contributed by atoms with Crippen molar-refractivity contribution < 1.29 is 23.4 Å². The van der Waals surface area contributed by atoms with Crippen molar-refractivity contribution in [2.75, 3.05) is 0 Å². The molecule has 3 rings (SSSR count). The molecule has 1 amide bonds. The Hall–Kier alpha value is -0.860. The van der Waals surface area contributed by atoms with E-state index < -0.39 is 36.9 Å². The van der Waals surface area contributed by atoms with Crippen LogP contribution >= 0.6 is 15.9 Å². The number of rotatable bonds is 5. The van der Waals surface area contributed by atoms with E-state index in [-0.39, 0.29) is 18.4 Å². The molecule has 2 aliphatic rings. The van der Waals surface area contributed by atoms with Crippen molar-refractivity contribution in [3.05, 3.63) is 34.3 Å². The Morgan fingerprint density at radius 3 is 2.17 bits per heavy atom. The van der Waals surface area contributed by atoms with Crippen LogP contribution in [0.5, 0.6) is 0 Å². The number of amides is 1. The van der Waals surface area contributed by atoms with Crippen LogP contribution in [0.1, 0.15) is 60.5 Å². The van der Waals surface area contributed by atoms with Crippen molar-refractivity contribution >= 4 is 35.9 Å². The molecular weight excluding hydrogens is 436 g/mol. The van der Waals surface area contributed by atoms with E-state index in [9.17, 15) is 4.79 Å². The summed E-state index contributed by atoms with van der Waals surface area (Å²) in [6.07, 6.45) is -0.286. The highest BCUT2D eigenvalue weighted by atomic mass is 79.9. The largest absolute Gasteiger partial charge is 0.488 e. The Kier molecular flexibility index (Phi) is 6.30. The van der Waals surface area contributed by atoms with Gasteiger partial charge in [0, 0.05) is 4.47 Å².